The Morgan fingerprint density at radius 2 is 1.90 bits per heavy atom. The van der Waals surface area contributed by atoms with Crippen LogP contribution in [-0.4, -0.2) is 29.3 Å². The van der Waals surface area contributed by atoms with Gasteiger partial charge in [-0.05, 0) is 49.7 Å². The van der Waals surface area contributed by atoms with Crippen molar-refractivity contribution in [2.45, 2.75) is 31.7 Å². The van der Waals surface area contributed by atoms with E-state index >= 15 is 0 Å². The number of carbonyl (C=O) groups is 1. The molecule has 0 atom stereocenters. The summed E-state index contributed by atoms with van der Waals surface area (Å²) < 4.78 is 29.7. The highest BCUT2D eigenvalue weighted by Gasteiger charge is 2.19. The van der Waals surface area contributed by atoms with Crippen LogP contribution in [0.3, 0.4) is 0 Å². The average Bonchev–Trinajstić information content (AvgIpc) is 2.90. The second-order valence-corrected chi connectivity index (χ2v) is 9.25. The molecule has 0 bridgehead atoms. The van der Waals surface area contributed by atoms with Crippen LogP contribution in [0.4, 0.5) is 5.69 Å². The molecule has 0 radical (unpaired) electrons. The maximum atomic E-state index is 12.7. The topological polar surface area (TPSA) is 101 Å². The molecule has 3 rings (SSSR count). The van der Waals surface area contributed by atoms with Crippen LogP contribution in [0.5, 0.6) is 0 Å². The maximum absolute atomic E-state index is 12.7. The summed E-state index contributed by atoms with van der Waals surface area (Å²) in [6, 6.07) is 11.1. The lowest BCUT2D eigenvalue weighted by Gasteiger charge is -2.12. The van der Waals surface area contributed by atoms with Gasteiger partial charge in [-0.3, -0.25) is 14.2 Å². The van der Waals surface area contributed by atoms with Crippen molar-refractivity contribution in [1.82, 2.24) is 9.78 Å². The molecule has 158 valence electrons. The number of anilines is 1. The van der Waals surface area contributed by atoms with E-state index in [1.54, 1.807) is 29.8 Å². The highest BCUT2D eigenvalue weighted by atomic mass is 35.5. The number of nitrogens with zero attached hydrogens (tertiary/aromatic N) is 2. The van der Waals surface area contributed by atoms with Crippen molar-refractivity contribution in [1.29, 1.82) is 0 Å². The highest BCUT2D eigenvalue weighted by molar-refractivity contribution is 7.92. The number of sulfonamides is 1. The Balaban J connectivity index is 1.85. The summed E-state index contributed by atoms with van der Waals surface area (Å²) in [6.45, 7) is 3.94. The minimum Gasteiger partial charge on any atom is -0.481 e. The molecule has 1 aromatic heterocycles. The number of hydrogen-bond donors (Lipinski definition) is 2. The average molecular weight is 468 g/mol. The molecule has 2 N–H and O–H groups in total. The third-order valence-electron chi connectivity index (χ3n) is 4.55. The Hall–Kier alpha value is -2.55. The summed E-state index contributed by atoms with van der Waals surface area (Å²) >= 11 is 11.9. The van der Waals surface area contributed by atoms with Crippen LogP contribution >= 0.6 is 23.2 Å². The fourth-order valence-corrected chi connectivity index (χ4v) is 4.91. The molecule has 0 aliphatic heterocycles. The molecule has 10 heteroatoms. The Kier molecular flexibility index (Phi) is 6.40. The molecule has 2 aromatic carbocycles. The molecular weight excluding hydrogens is 449 g/mol. The number of rotatable bonds is 7. The first-order valence-electron chi connectivity index (χ1n) is 8.88. The van der Waals surface area contributed by atoms with E-state index in [0.29, 0.717) is 23.5 Å². The molecule has 7 nitrogen and oxygen atoms in total. The monoisotopic (exact) mass is 467 g/mol. The van der Waals surface area contributed by atoms with E-state index in [-0.39, 0.29) is 21.4 Å². The molecule has 0 unspecified atom stereocenters. The van der Waals surface area contributed by atoms with Gasteiger partial charge in [0.2, 0.25) is 0 Å². The van der Waals surface area contributed by atoms with Crippen LogP contribution in [0.25, 0.3) is 0 Å². The molecule has 0 aliphatic rings. The van der Waals surface area contributed by atoms with Crippen molar-refractivity contribution in [3.05, 3.63) is 75.0 Å². The highest BCUT2D eigenvalue weighted by Crippen LogP contribution is 2.27. The van der Waals surface area contributed by atoms with Gasteiger partial charge in [0.05, 0.1) is 23.7 Å². The van der Waals surface area contributed by atoms with Gasteiger partial charge in [-0.1, -0.05) is 35.3 Å². The zero-order chi connectivity index (χ0) is 22.1. The Morgan fingerprint density at radius 3 is 2.60 bits per heavy atom. The van der Waals surface area contributed by atoms with Crippen molar-refractivity contribution in [3.63, 3.8) is 0 Å². The van der Waals surface area contributed by atoms with Crippen LogP contribution in [0.15, 0.2) is 47.4 Å². The number of nitrogens with one attached hydrogen (secondary N) is 1. The predicted molar refractivity (Wildman–Crippen MR) is 116 cm³/mol. The van der Waals surface area contributed by atoms with Gasteiger partial charge < -0.3 is 5.11 Å². The lowest BCUT2D eigenvalue weighted by Crippen LogP contribution is -2.14. The fraction of sp³-hybridized carbons (Fsp3) is 0.200. The molecule has 30 heavy (non-hydrogen) atoms. The van der Waals surface area contributed by atoms with Gasteiger partial charge in [-0.15, -0.1) is 0 Å². The fourth-order valence-electron chi connectivity index (χ4n) is 3.09. The quantitative estimate of drug-likeness (QED) is 0.539. The third kappa shape index (κ3) is 4.95. The molecule has 0 spiro atoms. The lowest BCUT2D eigenvalue weighted by atomic mass is 10.1. The van der Waals surface area contributed by atoms with E-state index in [4.69, 9.17) is 28.3 Å². The van der Waals surface area contributed by atoms with E-state index < -0.39 is 16.0 Å². The summed E-state index contributed by atoms with van der Waals surface area (Å²) in [5.41, 5.74) is 3.24. The number of benzene rings is 2. The van der Waals surface area contributed by atoms with Crippen LogP contribution in [0.1, 0.15) is 22.5 Å². The third-order valence-corrected chi connectivity index (χ3v) is 6.65. The first-order valence-corrected chi connectivity index (χ1v) is 11.1. The van der Waals surface area contributed by atoms with Crippen molar-refractivity contribution >= 4 is 44.9 Å². The molecule has 3 aromatic rings. The maximum Gasteiger partial charge on any atom is 0.307 e. The predicted octanol–water partition coefficient (Wildman–Crippen LogP) is 4.28. The Labute approximate surface area is 184 Å². The standard InChI is InChI=1S/C20H19Cl2N3O4S/c1-12-17(10-20(26)27)13(2)25(23-12)11-14-4-3-5-16(8-14)24-30(28,29)19-9-15(21)6-7-18(19)22/h3-9,24H,10-11H2,1-2H3,(H,26,27). The summed E-state index contributed by atoms with van der Waals surface area (Å²) in [5.74, 6) is -0.920. The Bertz CT molecular complexity index is 1220. The largest absolute Gasteiger partial charge is 0.481 e. The number of hydrogen-bond acceptors (Lipinski definition) is 4. The van der Waals surface area contributed by atoms with Crippen LogP contribution in [0, 0.1) is 13.8 Å². The van der Waals surface area contributed by atoms with Gasteiger partial charge in [0.1, 0.15) is 4.90 Å². The van der Waals surface area contributed by atoms with Crippen molar-refractivity contribution in [2.75, 3.05) is 4.72 Å². The number of carboxylic acids is 1. The number of aryl methyl sites for hydroxylation is 1. The number of carboxylic acid groups (broad SMARTS) is 1. The molecule has 0 saturated heterocycles. The Morgan fingerprint density at radius 1 is 1.17 bits per heavy atom. The summed E-state index contributed by atoms with van der Waals surface area (Å²) in [5, 5.41) is 13.8. The zero-order valence-electron chi connectivity index (χ0n) is 16.2. The minimum absolute atomic E-state index is 0.0663. The van der Waals surface area contributed by atoms with Gasteiger partial charge >= 0.3 is 5.97 Å². The smallest absolute Gasteiger partial charge is 0.307 e. The lowest BCUT2D eigenvalue weighted by molar-refractivity contribution is -0.136. The van der Waals surface area contributed by atoms with Crippen molar-refractivity contribution in [2.24, 2.45) is 0 Å². The zero-order valence-corrected chi connectivity index (χ0v) is 18.5. The minimum atomic E-state index is -3.93. The number of aliphatic carboxylic acids is 1. The molecule has 0 saturated carbocycles. The van der Waals surface area contributed by atoms with Crippen LogP contribution < -0.4 is 4.72 Å². The molecule has 0 aliphatic carbocycles. The van der Waals surface area contributed by atoms with Gasteiger partial charge in [0.25, 0.3) is 10.0 Å². The van der Waals surface area contributed by atoms with E-state index in [2.05, 4.69) is 9.82 Å². The summed E-state index contributed by atoms with van der Waals surface area (Å²) in [6.07, 6.45) is -0.0993. The summed E-state index contributed by atoms with van der Waals surface area (Å²) in [7, 11) is -3.93. The van der Waals surface area contributed by atoms with Crippen molar-refractivity contribution in [3.8, 4) is 0 Å². The second kappa shape index (κ2) is 8.67. The van der Waals surface area contributed by atoms with Gasteiger partial charge in [0, 0.05) is 22.0 Å². The first-order chi connectivity index (χ1) is 14.1. The molecule has 0 fully saturated rings. The van der Waals surface area contributed by atoms with E-state index in [1.807, 2.05) is 13.0 Å². The van der Waals surface area contributed by atoms with E-state index in [0.717, 1.165) is 11.3 Å². The molecule has 1 heterocycles. The molecular formula is C20H19Cl2N3O4S. The van der Waals surface area contributed by atoms with Crippen molar-refractivity contribution < 1.29 is 18.3 Å². The number of halogens is 2. The van der Waals surface area contributed by atoms with Crippen LogP contribution in [-0.2, 0) is 27.8 Å². The van der Waals surface area contributed by atoms with E-state index in [9.17, 15) is 13.2 Å². The van der Waals surface area contributed by atoms with Gasteiger partial charge in [-0.2, -0.15) is 5.10 Å². The number of aromatic nitrogens is 2. The normalized spacial score (nSPS) is 11.5. The summed E-state index contributed by atoms with van der Waals surface area (Å²) in [4.78, 5) is 10.9. The van der Waals surface area contributed by atoms with Gasteiger partial charge in [0.15, 0.2) is 0 Å². The van der Waals surface area contributed by atoms with Gasteiger partial charge in [-0.25, -0.2) is 8.42 Å². The van der Waals surface area contributed by atoms with E-state index in [1.165, 1.54) is 18.2 Å². The SMILES string of the molecule is Cc1nn(Cc2cccc(NS(=O)(=O)c3cc(Cl)ccc3Cl)c2)c(C)c1CC(=O)O. The first kappa shape index (κ1) is 22.1. The van der Waals surface area contributed by atoms with Crippen LogP contribution in [0.2, 0.25) is 10.0 Å². The molecule has 0 amide bonds. The second-order valence-electron chi connectivity index (χ2n) is 6.76.